The monoisotopic (exact) mass is 263 g/mol. The molecule has 0 saturated carbocycles. The van der Waals surface area contributed by atoms with Gasteiger partial charge in [-0.15, -0.1) is 5.10 Å². The average molecular weight is 263 g/mol. The number of rotatable bonds is 3. The Morgan fingerprint density at radius 2 is 1.80 bits per heavy atom. The van der Waals surface area contributed by atoms with Crippen LogP contribution in [0.5, 0.6) is 0 Å². The van der Waals surface area contributed by atoms with Crippen LogP contribution in [0.2, 0.25) is 0 Å². The molecule has 20 heavy (non-hydrogen) atoms. The summed E-state index contributed by atoms with van der Waals surface area (Å²) in [7, 11) is 0. The quantitative estimate of drug-likeness (QED) is 0.722. The van der Waals surface area contributed by atoms with Crippen molar-refractivity contribution in [1.29, 1.82) is 0 Å². The molecule has 0 unspecified atom stereocenters. The summed E-state index contributed by atoms with van der Waals surface area (Å²) in [4.78, 5) is 0. The highest BCUT2D eigenvalue weighted by Crippen LogP contribution is 2.21. The summed E-state index contributed by atoms with van der Waals surface area (Å²) in [5, 5.41) is 8.50. The predicted octanol–water partition coefficient (Wildman–Crippen LogP) is 3.61. The highest BCUT2D eigenvalue weighted by molar-refractivity contribution is 5.62. The Balaban J connectivity index is 1.87. The van der Waals surface area contributed by atoms with E-state index in [0.717, 1.165) is 17.8 Å². The molecule has 0 atom stereocenters. The molecule has 1 heterocycles. The van der Waals surface area contributed by atoms with Crippen LogP contribution in [0.1, 0.15) is 16.7 Å². The third-order valence-corrected chi connectivity index (χ3v) is 3.38. The molecule has 3 nitrogen and oxygen atoms in total. The van der Waals surface area contributed by atoms with E-state index in [2.05, 4.69) is 54.5 Å². The number of benzene rings is 2. The fourth-order valence-electron chi connectivity index (χ4n) is 2.37. The van der Waals surface area contributed by atoms with Gasteiger partial charge in [0.25, 0.3) is 0 Å². The highest BCUT2D eigenvalue weighted by atomic mass is 15.4. The van der Waals surface area contributed by atoms with Crippen LogP contribution in [0.15, 0.2) is 54.7 Å². The molecule has 0 N–H and O–H groups in total. The van der Waals surface area contributed by atoms with Crippen LogP contribution in [-0.2, 0) is 6.54 Å². The summed E-state index contributed by atoms with van der Waals surface area (Å²) >= 11 is 0. The molecule has 0 saturated heterocycles. The lowest BCUT2D eigenvalue weighted by atomic mass is 10.0. The summed E-state index contributed by atoms with van der Waals surface area (Å²) in [5.41, 5.74) is 5.80. The molecule has 0 aliphatic heterocycles. The van der Waals surface area contributed by atoms with Gasteiger partial charge < -0.3 is 0 Å². The first-order valence-electron chi connectivity index (χ1n) is 6.74. The Morgan fingerprint density at radius 3 is 2.55 bits per heavy atom. The van der Waals surface area contributed by atoms with Crippen molar-refractivity contribution in [2.45, 2.75) is 20.4 Å². The molecule has 1 aromatic heterocycles. The molecule has 100 valence electrons. The van der Waals surface area contributed by atoms with Crippen LogP contribution in [-0.4, -0.2) is 15.0 Å². The molecule has 0 bridgehead atoms. The van der Waals surface area contributed by atoms with E-state index in [0.29, 0.717) is 0 Å². The van der Waals surface area contributed by atoms with Gasteiger partial charge in [0.2, 0.25) is 0 Å². The summed E-state index contributed by atoms with van der Waals surface area (Å²) in [6, 6.07) is 16.7. The molecule has 0 spiro atoms. The zero-order valence-corrected chi connectivity index (χ0v) is 11.7. The van der Waals surface area contributed by atoms with Gasteiger partial charge in [0.1, 0.15) is 5.69 Å². The summed E-state index contributed by atoms with van der Waals surface area (Å²) < 4.78 is 1.88. The van der Waals surface area contributed by atoms with E-state index in [1.165, 1.54) is 16.7 Å². The van der Waals surface area contributed by atoms with Gasteiger partial charge >= 0.3 is 0 Å². The number of nitrogens with zero attached hydrogens (tertiary/aromatic N) is 3. The summed E-state index contributed by atoms with van der Waals surface area (Å²) in [5.74, 6) is 0. The maximum absolute atomic E-state index is 4.29. The fourth-order valence-corrected chi connectivity index (χ4v) is 2.37. The van der Waals surface area contributed by atoms with Crippen LogP contribution in [0.4, 0.5) is 0 Å². The van der Waals surface area contributed by atoms with Crippen molar-refractivity contribution in [3.63, 3.8) is 0 Å². The lowest BCUT2D eigenvalue weighted by molar-refractivity contribution is 0.650. The first kappa shape index (κ1) is 12.6. The third-order valence-electron chi connectivity index (χ3n) is 3.38. The van der Waals surface area contributed by atoms with Gasteiger partial charge in [-0.25, -0.2) is 4.68 Å². The molecule has 3 rings (SSSR count). The molecule has 0 fully saturated rings. The van der Waals surface area contributed by atoms with Crippen molar-refractivity contribution in [3.8, 4) is 11.3 Å². The zero-order chi connectivity index (χ0) is 13.9. The second-order valence-electron chi connectivity index (χ2n) is 5.11. The molecular weight excluding hydrogens is 246 g/mol. The Morgan fingerprint density at radius 1 is 1.00 bits per heavy atom. The molecule has 0 amide bonds. The molecule has 0 aliphatic rings. The fraction of sp³-hybridized carbons (Fsp3) is 0.176. The SMILES string of the molecule is Cc1ccc(-c2cn(Cc3ccccc3)nn2)c(C)c1. The molecule has 0 radical (unpaired) electrons. The zero-order valence-electron chi connectivity index (χ0n) is 11.7. The lowest BCUT2D eigenvalue weighted by Crippen LogP contribution is -1.99. The minimum absolute atomic E-state index is 0.749. The van der Waals surface area contributed by atoms with Gasteiger partial charge in [0, 0.05) is 5.56 Å². The molecular formula is C17H17N3. The second-order valence-corrected chi connectivity index (χ2v) is 5.11. The van der Waals surface area contributed by atoms with Gasteiger partial charge in [-0.1, -0.05) is 59.3 Å². The maximum Gasteiger partial charge on any atom is 0.113 e. The summed E-state index contributed by atoms with van der Waals surface area (Å²) in [6.45, 7) is 4.96. The van der Waals surface area contributed by atoms with E-state index >= 15 is 0 Å². The first-order valence-corrected chi connectivity index (χ1v) is 6.74. The van der Waals surface area contributed by atoms with E-state index < -0.39 is 0 Å². The number of aryl methyl sites for hydroxylation is 2. The van der Waals surface area contributed by atoms with Gasteiger partial charge in [-0.3, -0.25) is 0 Å². The predicted molar refractivity (Wildman–Crippen MR) is 80.5 cm³/mol. The van der Waals surface area contributed by atoms with Crippen LogP contribution >= 0.6 is 0 Å². The smallest absolute Gasteiger partial charge is 0.113 e. The van der Waals surface area contributed by atoms with Gasteiger partial charge in [0.15, 0.2) is 0 Å². The van der Waals surface area contributed by atoms with Gasteiger partial charge in [-0.05, 0) is 25.0 Å². The lowest BCUT2D eigenvalue weighted by Gasteiger charge is -2.03. The minimum atomic E-state index is 0.749. The standard InChI is InChI=1S/C17H17N3/c1-13-8-9-16(14(2)10-13)17-12-20(19-18-17)11-15-6-4-3-5-7-15/h3-10,12H,11H2,1-2H3. The second kappa shape index (κ2) is 5.29. The van der Waals surface area contributed by atoms with Gasteiger partial charge in [-0.2, -0.15) is 0 Å². The van der Waals surface area contributed by atoms with Crippen molar-refractivity contribution in [1.82, 2.24) is 15.0 Å². The van der Waals surface area contributed by atoms with Crippen molar-refractivity contribution in [2.24, 2.45) is 0 Å². The number of hydrogen-bond acceptors (Lipinski definition) is 2. The molecule has 3 aromatic rings. The van der Waals surface area contributed by atoms with Crippen molar-refractivity contribution in [2.75, 3.05) is 0 Å². The van der Waals surface area contributed by atoms with Crippen LogP contribution in [0.25, 0.3) is 11.3 Å². The third kappa shape index (κ3) is 2.62. The minimum Gasteiger partial charge on any atom is -0.247 e. The average Bonchev–Trinajstić information content (AvgIpc) is 2.88. The highest BCUT2D eigenvalue weighted by Gasteiger charge is 2.07. The van der Waals surface area contributed by atoms with Crippen molar-refractivity contribution < 1.29 is 0 Å². The maximum atomic E-state index is 4.29. The Bertz CT molecular complexity index is 714. The molecule has 2 aromatic carbocycles. The largest absolute Gasteiger partial charge is 0.247 e. The Labute approximate surface area is 118 Å². The van der Waals surface area contributed by atoms with Crippen LogP contribution in [0, 0.1) is 13.8 Å². The van der Waals surface area contributed by atoms with Crippen molar-refractivity contribution >= 4 is 0 Å². The van der Waals surface area contributed by atoms with E-state index in [-0.39, 0.29) is 0 Å². The Kier molecular flexibility index (Phi) is 3.33. The molecule has 3 heteroatoms. The van der Waals surface area contributed by atoms with E-state index in [4.69, 9.17) is 0 Å². The van der Waals surface area contributed by atoms with Crippen LogP contribution in [0.3, 0.4) is 0 Å². The number of hydrogen-bond donors (Lipinski definition) is 0. The normalized spacial score (nSPS) is 10.7. The Hall–Kier alpha value is -2.42. The van der Waals surface area contributed by atoms with E-state index in [1.807, 2.05) is 29.1 Å². The van der Waals surface area contributed by atoms with Crippen molar-refractivity contribution in [3.05, 3.63) is 71.4 Å². The van der Waals surface area contributed by atoms with E-state index in [1.54, 1.807) is 0 Å². The van der Waals surface area contributed by atoms with Crippen LogP contribution < -0.4 is 0 Å². The van der Waals surface area contributed by atoms with E-state index in [9.17, 15) is 0 Å². The topological polar surface area (TPSA) is 30.7 Å². The van der Waals surface area contributed by atoms with Gasteiger partial charge in [0.05, 0.1) is 12.7 Å². The first-order chi connectivity index (χ1) is 9.72. The molecule has 0 aliphatic carbocycles. The summed E-state index contributed by atoms with van der Waals surface area (Å²) in [6.07, 6.45) is 2.00. The number of aromatic nitrogens is 3.